The molecule has 3 atom stereocenters. The molecule has 23 heavy (non-hydrogen) atoms. The van der Waals surface area contributed by atoms with Crippen molar-refractivity contribution in [1.29, 1.82) is 0 Å². The normalized spacial score (nSPS) is 24.7. The van der Waals surface area contributed by atoms with Gasteiger partial charge in [0.1, 0.15) is 5.75 Å². The average molecular weight is 391 g/mol. The van der Waals surface area contributed by atoms with Crippen LogP contribution < -0.4 is 10.1 Å². The molecule has 1 aliphatic carbocycles. The lowest BCUT2D eigenvalue weighted by atomic mass is 9.77. The molecule has 0 aromatic heterocycles. The molecule has 2 nitrogen and oxygen atoms in total. The van der Waals surface area contributed by atoms with Gasteiger partial charge in [-0.2, -0.15) is 0 Å². The summed E-state index contributed by atoms with van der Waals surface area (Å²) in [6.45, 7) is 0. The van der Waals surface area contributed by atoms with E-state index in [4.69, 9.17) is 16.3 Å². The maximum absolute atomic E-state index is 6.21. The molecule has 118 valence electrons. The molecule has 0 radical (unpaired) electrons. The minimum Gasteiger partial charge on any atom is -0.496 e. The molecule has 0 bridgehead atoms. The summed E-state index contributed by atoms with van der Waals surface area (Å²) in [6.07, 6.45) is 5.66. The summed E-state index contributed by atoms with van der Waals surface area (Å²) in [5, 5.41) is 4.51. The van der Waals surface area contributed by atoms with Crippen LogP contribution in [-0.4, -0.2) is 7.11 Å². The second-order valence-corrected chi connectivity index (χ2v) is 7.45. The molecule has 0 amide bonds. The highest BCUT2D eigenvalue weighted by Gasteiger charge is 2.39. The van der Waals surface area contributed by atoms with Gasteiger partial charge in [0.15, 0.2) is 0 Å². The van der Waals surface area contributed by atoms with Crippen LogP contribution in [0.5, 0.6) is 5.75 Å². The topological polar surface area (TPSA) is 21.3 Å². The second-order valence-electron chi connectivity index (χ2n) is 6.09. The largest absolute Gasteiger partial charge is 0.496 e. The van der Waals surface area contributed by atoms with Gasteiger partial charge in [0.25, 0.3) is 0 Å². The summed E-state index contributed by atoms with van der Waals surface area (Å²) >= 11 is 9.80. The average Bonchev–Trinajstić information content (AvgIpc) is 3.04. The minimum absolute atomic E-state index is 0.219. The Labute approximate surface area is 149 Å². The van der Waals surface area contributed by atoms with Crippen LogP contribution in [0, 0.1) is 5.92 Å². The van der Waals surface area contributed by atoms with E-state index in [9.17, 15) is 0 Å². The molecule has 2 aromatic rings. The van der Waals surface area contributed by atoms with Crippen LogP contribution in [0.2, 0.25) is 5.02 Å². The highest BCUT2D eigenvalue weighted by atomic mass is 79.9. The third kappa shape index (κ3) is 2.56. The van der Waals surface area contributed by atoms with E-state index in [1.54, 1.807) is 7.11 Å². The molecular formula is C19H17BrClNO. The van der Waals surface area contributed by atoms with E-state index in [1.807, 2.05) is 18.2 Å². The lowest BCUT2D eigenvalue weighted by molar-refractivity contribution is 0.381. The van der Waals surface area contributed by atoms with Crippen molar-refractivity contribution in [3.63, 3.8) is 0 Å². The molecule has 1 N–H and O–H groups in total. The number of methoxy groups -OCH3 is 1. The van der Waals surface area contributed by atoms with Crippen LogP contribution in [0.3, 0.4) is 0 Å². The van der Waals surface area contributed by atoms with E-state index in [2.05, 4.69) is 51.6 Å². The summed E-state index contributed by atoms with van der Waals surface area (Å²) < 4.78 is 6.68. The van der Waals surface area contributed by atoms with Gasteiger partial charge in [-0.1, -0.05) is 39.7 Å². The van der Waals surface area contributed by atoms with Crippen LogP contribution in [0.15, 0.2) is 53.0 Å². The third-order valence-electron chi connectivity index (χ3n) is 4.85. The molecule has 3 unspecified atom stereocenters. The van der Waals surface area contributed by atoms with Crippen LogP contribution in [0.1, 0.15) is 29.5 Å². The van der Waals surface area contributed by atoms with Crippen molar-refractivity contribution in [1.82, 2.24) is 0 Å². The minimum atomic E-state index is 0.219. The van der Waals surface area contributed by atoms with Crippen molar-refractivity contribution in [2.45, 2.75) is 18.4 Å². The Morgan fingerprint density at radius 1 is 1.17 bits per heavy atom. The van der Waals surface area contributed by atoms with Gasteiger partial charge in [0.05, 0.1) is 13.2 Å². The Balaban J connectivity index is 1.82. The molecule has 4 rings (SSSR count). The molecule has 1 aliphatic heterocycles. The zero-order valence-corrected chi connectivity index (χ0v) is 15.1. The highest BCUT2D eigenvalue weighted by Crippen LogP contribution is 2.51. The van der Waals surface area contributed by atoms with Crippen LogP contribution in [0.4, 0.5) is 5.69 Å². The van der Waals surface area contributed by atoms with E-state index in [1.165, 1.54) is 11.1 Å². The SMILES string of the molecule is COc1ccc(Br)cc1C1Nc2ccc(Cl)cc2C2C=CCC21. The molecule has 0 spiro atoms. The first-order valence-corrected chi connectivity index (χ1v) is 8.90. The molecule has 4 heteroatoms. The second kappa shape index (κ2) is 5.88. The Morgan fingerprint density at radius 3 is 2.87 bits per heavy atom. The summed E-state index contributed by atoms with van der Waals surface area (Å²) in [7, 11) is 1.73. The van der Waals surface area contributed by atoms with E-state index in [-0.39, 0.29) is 6.04 Å². The molecule has 0 saturated carbocycles. The van der Waals surface area contributed by atoms with Crippen LogP contribution in [-0.2, 0) is 0 Å². The maximum Gasteiger partial charge on any atom is 0.124 e. The maximum atomic E-state index is 6.21. The summed E-state index contributed by atoms with van der Waals surface area (Å²) in [4.78, 5) is 0. The van der Waals surface area contributed by atoms with E-state index in [0.29, 0.717) is 11.8 Å². The molecule has 0 saturated heterocycles. The van der Waals surface area contributed by atoms with Crippen LogP contribution in [0.25, 0.3) is 0 Å². The van der Waals surface area contributed by atoms with Crippen molar-refractivity contribution >= 4 is 33.2 Å². The number of allylic oxidation sites excluding steroid dienone is 2. The number of rotatable bonds is 2. The van der Waals surface area contributed by atoms with Crippen molar-refractivity contribution in [3.05, 3.63) is 69.2 Å². The van der Waals surface area contributed by atoms with E-state index in [0.717, 1.165) is 27.4 Å². The number of anilines is 1. The van der Waals surface area contributed by atoms with Gasteiger partial charge >= 0.3 is 0 Å². The van der Waals surface area contributed by atoms with Gasteiger partial charge in [-0.25, -0.2) is 0 Å². The van der Waals surface area contributed by atoms with Gasteiger partial charge in [-0.05, 0) is 54.3 Å². The number of ether oxygens (including phenoxy) is 1. The fourth-order valence-corrected chi connectivity index (χ4v) is 4.38. The Morgan fingerprint density at radius 2 is 2.04 bits per heavy atom. The fraction of sp³-hybridized carbons (Fsp3) is 0.263. The molecule has 2 aromatic carbocycles. The van der Waals surface area contributed by atoms with Crippen molar-refractivity contribution in [2.24, 2.45) is 5.92 Å². The zero-order valence-electron chi connectivity index (χ0n) is 12.7. The molecular weight excluding hydrogens is 374 g/mol. The quantitative estimate of drug-likeness (QED) is 0.641. The first-order chi connectivity index (χ1) is 11.2. The number of halogens is 2. The number of hydrogen-bond acceptors (Lipinski definition) is 2. The van der Waals surface area contributed by atoms with Crippen molar-refractivity contribution in [3.8, 4) is 5.75 Å². The first-order valence-electron chi connectivity index (χ1n) is 7.73. The monoisotopic (exact) mass is 389 g/mol. The number of hydrogen-bond donors (Lipinski definition) is 1. The number of nitrogens with one attached hydrogen (secondary N) is 1. The Kier molecular flexibility index (Phi) is 3.86. The lowest BCUT2D eigenvalue weighted by Gasteiger charge is -2.38. The molecule has 2 aliphatic rings. The Bertz CT molecular complexity index is 789. The van der Waals surface area contributed by atoms with Gasteiger partial charge in [-0.15, -0.1) is 0 Å². The predicted molar refractivity (Wildman–Crippen MR) is 98.5 cm³/mol. The van der Waals surface area contributed by atoms with Gasteiger partial charge < -0.3 is 10.1 Å². The summed E-state index contributed by atoms with van der Waals surface area (Å²) in [6, 6.07) is 12.5. The third-order valence-corrected chi connectivity index (χ3v) is 5.58. The first kappa shape index (κ1) is 15.1. The predicted octanol–water partition coefficient (Wildman–Crippen LogP) is 5.94. The summed E-state index contributed by atoms with van der Waals surface area (Å²) in [5.74, 6) is 1.80. The van der Waals surface area contributed by atoms with E-state index < -0.39 is 0 Å². The van der Waals surface area contributed by atoms with E-state index >= 15 is 0 Å². The zero-order chi connectivity index (χ0) is 16.0. The van der Waals surface area contributed by atoms with Gasteiger partial charge in [0, 0.05) is 26.7 Å². The van der Waals surface area contributed by atoms with Gasteiger partial charge in [-0.3, -0.25) is 0 Å². The Hall–Kier alpha value is -1.45. The number of fused-ring (bicyclic) bond motifs is 3. The highest BCUT2D eigenvalue weighted by molar-refractivity contribution is 9.10. The van der Waals surface area contributed by atoms with Crippen molar-refractivity contribution < 1.29 is 4.74 Å². The molecule has 1 heterocycles. The summed E-state index contributed by atoms with van der Waals surface area (Å²) in [5.41, 5.74) is 3.65. The van der Waals surface area contributed by atoms with Crippen molar-refractivity contribution in [2.75, 3.05) is 12.4 Å². The lowest BCUT2D eigenvalue weighted by Crippen LogP contribution is -2.29. The smallest absolute Gasteiger partial charge is 0.124 e. The van der Waals surface area contributed by atoms with Gasteiger partial charge in [0.2, 0.25) is 0 Å². The molecule has 0 fully saturated rings. The van der Waals surface area contributed by atoms with Crippen LogP contribution >= 0.6 is 27.5 Å². The fourth-order valence-electron chi connectivity index (χ4n) is 3.82. The standard InChI is InChI=1S/C19H17BrClNO/c1-23-18-8-5-11(20)9-16(18)19-14-4-2-3-13(14)15-10-12(21)6-7-17(15)22-19/h2-3,5-10,13-14,19,22H,4H2,1H3. The number of benzene rings is 2.